The molecule has 0 unspecified atom stereocenters. The van der Waals surface area contributed by atoms with Gasteiger partial charge in [0.1, 0.15) is 11.5 Å². The summed E-state index contributed by atoms with van der Waals surface area (Å²) in [6.45, 7) is 1.36. The zero-order chi connectivity index (χ0) is 20.8. The number of anilines is 1. The number of ether oxygens (including phenoxy) is 2. The van der Waals surface area contributed by atoms with Gasteiger partial charge in [-0.05, 0) is 30.2 Å². The number of rotatable bonds is 4. The minimum atomic E-state index is -0.479. The molecule has 1 fully saturated rings. The van der Waals surface area contributed by atoms with Crippen LogP contribution >= 0.6 is 0 Å². The lowest BCUT2D eigenvalue weighted by Gasteiger charge is -2.31. The second kappa shape index (κ2) is 7.18. The van der Waals surface area contributed by atoms with Gasteiger partial charge in [-0.3, -0.25) is 14.5 Å². The molecular formula is C23H23N3O4. The number of aromatic amines is 1. The van der Waals surface area contributed by atoms with E-state index in [1.54, 1.807) is 25.3 Å². The van der Waals surface area contributed by atoms with E-state index in [1.807, 2.05) is 12.1 Å². The maximum atomic E-state index is 13.3. The normalized spacial score (nSPS) is 19.4. The molecule has 154 valence electrons. The van der Waals surface area contributed by atoms with Crippen molar-refractivity contribution in [3.63, 3.8) is 0 Å². The van der Waals surface area contributed by atoms with Crippen LogP contribution in [-0.4, -0.2) is 48.5 Å². The number of nitrogens with one attached hydrogen (secondary N) is 1. The predicted molar refractivity (Wildman–Crippen MR) is 113 cm³/mol. The third-order valence-corrected chi connectivity index (χ3v) is 6.10. The number of fused-ring (bicyclic) bond motifs is 3. The van der Waals surface area contributed by atoms with Gasteiger partial charge in [-0.1, -0.05) is 18.2 Å². The number of hydrogen-bond donors (Lipinski definition) is 1. The Kier molecular flexibility index (Phi) is 4.47. The number of amides is 2. The lowest BCUT2D eigenvalue weighted by molar-refractivity contribution is -0.123. The maximum Gasteiger partial charge on any atom is 0.251 e. The van der Waals surface area contributed by atoms with Crippen LogP contribution in [0.2, 0.25) is 0 Å². The first-order valence-electron chi connectivity index (χ1n) is 10.0. The molecule has 1 N–H and O–H groups in total. The van der Waals surface area contributed by atoms with E-state index in [4.69, 9.17) is 9.47 Å². The molecule has 7 heteroatoms. The molecule has 3 aromatic rings. The predicted octanol–water partition coefficient (Wildman–Crippen LogP) is 2.88. The van der Waals surface area contributed by atoms with Gasteiger partial charge in [0.2, 0.25) is 5.91 Å². The van der Waals surface area contributed by atoms with E-state index in [2.05, 4.69) is 22.0 Å². The molecular weight excluding hydrogens is 382 g/mol. The van der Waals surface area contributed by atoms with Crippen molar-refractivity contribution >= 4 is 28.4 Å². The standard InChI is InChI=1S/C23H23N3O4/c1-29-14-7-8-21(30-2)19(11-14)26-22(27)12-20(23(26)28)25-10-9-16-15-5-3-4-6-17(15)24-18(16)13-25/h3-8,11,20,24H,9-10,12-13H2,1-2H3/t20-/m1/s1. The summed E-state index contributed by atoms with van der Waals surface area (Å²) in [6.07, 6.45) is 1.01. The first-order valence-corrected chi connectivity index (χ1v) is 10.0. The number of carbonyl (C=O) groups excluding carboxylic acids is 2. The molecule has 0 bridgehead atoms. The Balaban J connectivity index is 1.44. The Morgan fingerprint density at radius 1 is 1.07 bits per heavy atom. The molecule has 1 atom stereocenters. The first kappa shape index (κ1) is 18.7. The van der Waals surface area contributed by atoms with Gasteiger partial charge in [0, 0.05) is 35.8 Å². The van der Waals surface area contributed by atoms with Crippen molar-refractivity contribution in [1.29, 1.82) is 0 Å². The Hall–Kier alpha value is -3.32. The van der Waals surface area contributed by atoms with Crippen molar-refractivity contribution in [3.8, 4) is 11.5 Å². The van der Waals surface area contributed by atoms with Crippen LogP contribution in [0.4, 0.5) is 5.69 Å². The summed E-state index contributed by atoms with van der Waals surface area (Å²) in [6, 6.07) is 12.9. The monoisotopic (exact) mass is 405 g/mol. The van der Waals surface area contributed by atoms with Crippen LogP contribution in [0.25, 0.3) is 10.9 Å². The molecule has 2 aliphatic heterocycles. The second-order valence-corrected chi connectivity index (χ2v) is 7.67. The van der Waals surface area contributed by atoms with Crippen LogP contribution in [-0.2, 0) is 22.6 Å². The molecule has 5 rings (SSSR count). The molecule has 1 saturated heterocycles. The Bertz CT molecular complexity index is 1150. The highest BCUT2D eigenvalue weighted by Gasteiger charge is 2.44. The fourth-order valence-corrected chi connectivity index (χ4v) is 4.61. The van der Waals surface area contributed by atoms with Crippen LogP contribution in [0.1, 0.15) is 17.7 Å². The minimum Gasteiger partial charge on any atom is -0.497 e. The fraction of sp³-hybridized carbons (Fsp3) is 0.304. The van der Waals surface area contributed by atoms with Crippen molar-refractivity contribution in [2.24, 2.45) is 0 Å². The largest absolute Gasteiger partial charge is 0.497 e. The minimum absolute atomic E-state index is 0.161. The smallest absolute Gasteiger partial charge is 0.251 e. The molecule has 0 spiro atoms. The summed E-state index contributed by atoms with van der Waals surface area (Å²) in [4.78, 5) is 33.0. The van der Waals surface area contributed by atoms with Gasteiger partial charge >= 0.3 is 0 Å². The Labute approximate surface area is 174 Å². The van der Waals surface area contributed by atoms with Gasteiger partial charge < -0.3 is 14.5 Å². The summed E-state index contributed by atoms with van der Waals surface area (Å²) >= 11 is 0. The van der Waals surface area contributed by atoms with E-state index in [0.29, 0.717) is 23.7 Å². The molecule has 3 heterocycles. The number of carbonyl (C=O) groups is 2. The van der Waals surface area contributed by atoms with Gasteiger partial charge in [0.15, 0.2) is 0 Å². The van der Waals surface area contributed by atoms with Gasteiger partial charge in [0.25, 0.3) is 5.91 Å². The SMILES string of the molecule is COc1ccc(OC)c(N2C(=O)C[C@@H](N3CCc4c([nH]c5ccccc45)C3)C2=O)c1. The zero-order valence-electron chi connectivity index (χ0n) is 17.0. The van der Waals surface area contributed by atoms with Gasteiger partial charge in [0.05, 0.1) is 32.4 Å². The number of para-hydroxylation sites is 1. The van der Waals surface area contributed by atoms with E-state index in [9.17, 15) is 9.59 Å². The van der Waals surface area contributed by atoms with Crippen molar-refractivity contribution in [3.05, 3.63) is 53.7 Å². The highest BCUT2D eigenvalue weighted by atomic mass is 16.5. The number of methoxy groups -OCH3 is 2. The Morgan fingerprint density at radius 2 is 1.90 bits per heavy atom. The third-order valence-electron chi connectivity index (χ3n) is 6.10. The Morgan fingerprint density at radius 3 is 2.70 bits per heavy atom. The van der Waals surface area contributed by atoms with E-state index in [1.165, 1.54) is 23.0 Å². The van der Waals surface area contributed by atoms with Gasteiger partial charge in [-0.15, -0.1) is 0 Å². The van der Waals surface area contributed by atoms with E-state index < -0.39 is 6.04 Å². The van der Waals surface area contributed by atoms with Crippen molar-refractivity contribution in [2.45, 2.75) is 25.4 Å². The number of aromatic nitrogens is 1. The van der Waals surface area contributed by atoms with Crippen molar-refractivity contribution in [2.75, 3.05) is 25.7 Å². The molecule has 0 aliphatic carbocycles. The number of nitrogens with zero attached hydrogens (tertiary/aromatic N) is 2. The summed E-state index contributed by atoms with van der Waals surface area (Å²) in [5.74, 6) is 0.593. The average molecular weight is 405 g/mol. The average Bonchev–Trinajstić information content (AvgIpc) is 3.29. The number of H-pyrrole nitrogens is 1. The molecule has 1 aromatic heterocycles. The highest BCUT2D eigenvalue weighted by Crippen LogP contribution is 2.37. The number of benzene rings is 2. The van der Waals surface area contributed by atoms with E-state index in [-0.39, 0.29) is 18.2 Å². The van der Waals surface area contributed by atoms with Crippen LogP contribution in [0.5, 0.6) is 11.5 Å². The fourth-order valence-electron chi connectivity index (χ4n) is 4.61. The first-order chi connectivity index (χ1) is 14.6. The molecule has 0 radical (unpaired) electrons. The summed E-state index contributed by atoms with van der Waals surface area (Å²) < 4.78 is 10.7. The molecule has 30 heavy (non-hydrogen) atoms. The van der Waals surface area contributed by atoms with E-state index >= 15 is 0 Å². The van der Waals surface area contributed by atoms with Crippen LogP contribution in [0.15, 0.2) is 42.5 Å². The zero-order valence-corrected chi connectivity index (χ0v) is 17.0. The lowest BCUT2D eigenvalue weighted by atomic mass is 10.0. The van der Waals surface area contributed by atoms with Crippen molar-refractivity contribution in [1.82, 2.24) is 9.88 Å². The number of hydrogen-bond acceptors (Lipinski definition) is 5. The van der Waals surface area contributed by atoms with Crippen LogP contribution < -0.4 is 14.4 Å². The summed E-state index contributed by atoms with van der Waals surface area (Å²) in [5, 5.41) is 1.24. The third kappa shape index (κ3) is 2.85. The van der Waals surface area contributed by atoms with Crippen LogP contribution in [0.3, 0.4) is 0 Å². The molecule has 2 amide bonds. The quantitative estimate of drug-likeness (QED) is 0.676. The number of imide groups is 1. The van der Waals surface area contributed by atoms with E-state index in [0.717, 1.165) is 24.2 Å². The maximum absolute atomic E-state index is 13.3. The van der Waals surface area contributed by atoms with Crippen LogP contribution in [0, 0.1) is 0 Å². The molecule has 7 nitrogen and oxygen atoms in total. The molecule has 2 aliphatic rings. The lowest BCUT2D eigenvalue weighted by Crippen LogP contribution is -2.44. The van der Waals surface area contributed by atoms with Gasteiger partial charge in [-0.2, -0.15) is 0 Å². The highest BCUT2D eigenvalue weighted by molar-refractivity contribution is 6.23. The van der Waals surface area contributed by atoms with Crippen molar-refractivity contribution < 1.29 is 19.1 Å². The molecule has 2 aromatic carbocycles. The topological polar surface area (TPSA) is 74.9 Å². The second-order valence-electron chi connectivity index (χ2n) is 7.67. The summed E-state index contributed by atoms with van der Waals surface area (Å²) in [5.41, 5.74) is 3.98. The summed E-state index contributed by atoms with van der Waals surface area (Å²) in [7, 11) is 3.07. The molecule has 0 saturated carbocycles. The van der Waals surface area contributed by atoms with Gasteiger partial charge in [-0.25, -0.2) is 4.90 Å².